The van der Waals surface area contributed by atoms with Crippen LogP contribution in [-0.2, 0) is 17.6 Å². The zero-order chi connectivity index (χ0) is 20.8. The molecule has 1 N–H and O–H groups in total. The number of thioether (sulfide) groups is 1. The highest BCUT2D eigenvalue weighted by molar-refractivity contribution is 7.99. The first kappa shape index (κ1) is 20.5. The van der Waals surface area contributed by atoms with E-state index in [1.54, 1.807) is 0 Å². The SMILES string of the molecule is Cc1ccc(CC(=O)NC(Cc2ccccc2)c2nnc(N3CCSCC3)o2)cc1. The Morgan fingerprint density at radius 1 is 1.07 bits per heavy atom. The lowest BCUT2D eigenvalue weighted by Gasteiger charge is -2.24. The van der Waals surface area contributed by atoms with Crippen LogP contribution < -0.4 is 10.2 Å². The van der Waals surface area contributed by atoms with Gasteiger partial charge in [-0.05, 0) is 18.1 Å². The topological polar surface area (TPSA) is 71.3 Å². The maximum Gasteiger partial charge on any atom is 0.318 e. The lowest BCUT2D eigenvalue weighted by Crippen LogP contribution is -2.32. The molecule has 6 nitrogen and oxygen atoms in total. The second kappa shape index (κ2) is 9.80. The van der Waals surface area contributed by atoms with Gasteiger partial charge in [-0.15, -0.1) is 5.10 Å². The van der Waals surface area contributed by atoms with Crippen molar-refractivity contribution in [3.05, 3.63) is 77.2 Å². The third-order valence-corrected chi connectivity index (χ3v) is 6.06. The van der Waals surface area contributed by atoms with Crippen LogP contribution >= 0.6 is 11.8 Å². The van der Waals surface area contributed by atoms with Crippen LogP contribution in [0.2, 0.25) is 0 Å². The number of carbonyl (C=O) groups excluding carboxylic acids is 1. The van der Waals surface area contributed by atoms with Crippen LogP contribution in [0, 0.1) is 6.92 Å². The molecule has 1 atom stereocenters. The first-order valence-corrected chi connectivity index (χ1v) is 11.4. The van der Waals surface area contributed by atoms with Crippen molar-refractivity contribution < 1.29 is 9.21 Å². The molecule has 0 aliphatic carbocycles. The number of anilines is 1. The van der Waals surface area contributed by atoms with E-state index in [0.29, 0.717) is 24.7 Å². The van der Waals surface area contributed by atoms with Crippen molar-refractivity contribution in [2.24, 2.45) is 0 Å². The van der Waals surface area contributed by atoms with E-state index in [4.69, 9.17) is 4.42 Å². The number of aromatic nitrogens is 2. The Kier molecular flexibility index (Phi) is 6.69. The summed E-state index contributed by atoms with van der Waals surface area (Å²) in [5.74, 6) is 2.50. The van der Waals surface area contributed by atoms with Gasteiger partial charge in [-0.25, -0.2) is 0 Å². The highest BCUT2D eigenvalue weighted by atomic mass is 32.2. The summed E-state index contributed by atoms with van der Waals surface area (Å²) in [6.45, 7) is 3.83. The van der Waals surface area contributed by atoms with Gasteiger partial charge in [0.05, 0.1) is 6.42 Å². The molecular weight excluding hydrogens is 396 g/mol. The predicted octanol–water partition coefficient (Wildman–Crippen LogP) is 3.57. The number of aryl methyl sites for hydroxylation is 1. The molecule has 4 rings (SSSR count). The molecule has 1 saturated heterocycles. The molecule has 1 aliphatic rings. The van der Waals surface area contributed by atoms with E-state index in [1.807, 2.05) is 73.3 Å². The zero-order valence-corrected chi connectivity index (χ0v) is 17.9. The smallest absolute Gasteiger partial charge is 0.318 e. The van der Waals surface area contributed by atoms with Crippen molar-refractivity contribution in [3.63, 3.8) is 0 Å². The molecule has 156 valence electrons. The van der Waals surface area contributed by atoms with Crippen molar-refractivity contribution in [2.75, 3.05) is 29.5 Å². The monoisotopic (exact) mass is 422 g/mol. The molecule has 2 heterocycles. The minimum Gasteiger partial charge on any atom is -0.406 e. The Morgan fingerprint density at radius 3 is 2.53 bits per heavy atom. The largest absolute Gasteiger partial charge is 0.406 e. The number of nitrogens with zero attached hydrogens (tertiary/aromatic N) is 3. The molecule has 30 heavy (non-hydrogen) atoms. The van der Waals surface area contributed by atoms with E-state index in [9.17, 15) is 4.79 Å². The molecule has 1 aliphatic heterocycles. The standard InChI is InChI=1S/C23H26N4O2S/c1-17-7-9-19(10-8-17)16-21(28)24-20(15-18-5-3-2-4-6-18)22-25-26-23(29-22)27-11-13-30-14-12-27/h2-10,20H,11-16H2,1H3,(H,24,28). The highest BCUT2D eigenvalue weighted by Gasteiger charge is 2.24. The van der Waals surface area contributed by atoms with E-state index in [0.717, 1.165) is 35.7 Å². The normalized spacial score (nSPS) is 15.0. The molecule has 1 fully saturated rings. The van der Waals surface area contributed by atoms with Gasteiger partial charge in [-0.2, -0.15) is 11.8 Å². The number of hydrogen-bond donors (Lipinski definition) is 1. The third kappa shape index (κ3) is 5.42. The van der Waals surface area contributed by atoms with Gasteiger partial charge in [-0.3, -0.25) is 4.79 Å². The first-order valence-electron chi connectivity index (χ1n) is 10.2. The van der Waals surface area contributed by atoms with Crippen molar-refractivity contribution in [1.82, 2.24) is 15.5 Å². The molecule has 0 radical (unpaired) electrons. The molecular formula is C23H26N4O2S. The van der Waals surface area contributed by atoms with E-state index >= 15 is 0 Å². The molecule has 1 amide bonds. The Labute approximate surface area is 181 Å². The maximum absolute atomic E-state index is 12.8. The molecule has 7 heteroatoms. The van der Waals surface area contributed by atoms with Crippen molar-refractivity contribution in [2.45, 2.75) is 25.8 Å². The average Bonchev–Trinajstić information content (AvgIpc) is 3.27. The summed E-state index contributed by atoms with van der Waals surface area (Å²) in [4.78, 5) is 14.9. The maximum atomic E-state index is 12.8. The molecule has 1 aromatic heterocycles. The van der Waals surface area contributed by atoms with E-state index < -0.39 is 0 Å². The predicted molar refractivity (Wildman–Crippen MR) is 120 cm³/mol. The minimum absolute atomic E-state index is 0.0612. The number of hydrogen-bond acceptors (Lipinski definition) is 6. The second-order valence-electron chi connectivity index (χ2n) is 7.49. The average molecular weight is 423 g/mol. The summed E-state index contributed by atoms with van der Waals surface area (Å²) < 4.78 is 6.00. The summed E-state index contributed by atoms with van der Waals surface area (Å²) in [5.41, 5.74) is 3.26. The Balaban J connectivity index is 1.49. The van der Waals surface area contributed by atoms with Gasteiger partial charge in [0.2, 0.25) is 11.8 Å². The summed E-state index contributed by atoms with van der Waals surface area (Å²) in [7, 11) is 0. The fourth-order valence-corrected chi connectivity index (χ4v) is 4.34. The van der Waals surface area contributed by atoms with Gasteiger partial charge in [-0.1, -0.05) is 65.3 Å². The lowest BCUT2D eigenvalue weighted by atomic mass is 10.0. The van der Waals surface area contributed by atoms with Gasteiger partial charge < -0.3 is 14.6 Å². The van der Waals surface area contributed by atoms with Gasteiger partial charge in [0.25, 0.3) is 0 Å². The quantitative estimate of drug-likeness (QED) is 0.628. The minimum atomic E-state index is -0.370. The van der Waals surface area contributed by atoms with Crippen LogP contribution in [-0.4, -0.2) is 40.7 Å². The summed E-state index contributed by atoms with van der Waals surface area (Å²) in [5, 5.41) is 11.6. The van der Waals surface area contributed by atoms with E-state index in [1.165, 1.54) is 5.56 Å². The summed E-state index contributed by atoms with van der Waals surface area (Å²) >= 11 is 1.93. The molecule has 2 aromatic carbocycles. The Bertz CT molecular complexity index is 953. The fraction of sp³-hybridized carbons (Fsp3) is 0.348. The zero-order valence-electron chi connectivity index (χ0n) is 17.1. The number of carbonyl (C=O) groups is 1. The van der Waals surface area contributed by atoms with Gasteiger partial charge in [0.1, 0.15) is 6.04 Å². The lowest BCUT2D eigenvalue weighted by molar-refractivity contribution is -0.121. The molecule has 0 saturated carbocycles. The van der Waals surface area contributed by atoms with Gasteiger partial charge in [0.15, 0.2) is 0 Å². The van der Waals surface area contributed by atoms with E-state index in [-0.39, 0.29) is 11.9 Å². The summed E-state index contributed by atoms with van der Waals surface area (Å²) in [6, 6.07) is 18.2. The highest BCUT2D eigenvalue weighted by Crippen LogP contribution is 2.23. The van der Waals surface area contributed by atoms with Crippen molar-refractivity contribution >= 4 is 23.7 Å². The van der Waals surface area contributed by atoms with Gasteiger partial charge >= 0.3 is 6.01 Å². The van der Waals surface area contributed by atoms with Crippen LogP contribution in [0.15, 0.2) is 59.0 Å². The molecule has 3 aromatic rings. The van der Waals surface area contributed by atoms with Crippen LogP contribution in [0.3, 0.4) is 0 Å². The van der Waals surface area contributed by atoms with Crippen LogP contribution in [0.1, 0.15) is 28.6 Å². The Hall–Kier alpha value is -2.80. The number of nitrogens with one attached hydrogen (secondary N) is 1. The van der Waals surface area contributed by atoms with Crippen molar-refractivity contribution in [3.8, 4) is 0 Å². The van der Waals surface area contributed by atoms with Crippen LogP contribution in [0.25, 0.3) is 0 Å². The molecule has 1 unspecified atom stereocenters. The van der Waals surface area contributed by atoms with Crippen molar-refractivity contribution in [1.29, 1.82) is 0 Å². The Morgan fingerprint density at radius 2 is 1.80 bits per heavy atom. The second-order valence-corrected chi connectivity index (χ2v) is 8.72. The molecule has 0 spiro atoms. The van der Waals surface area contributed by atoms with Crippen LogP contribution in [0.4, 0.5) is 6.01 Å². The first-order chi connectivity index (χ1) is 14.7. The number of amides is 1. The van der Waals surface area contributed by atoms with E-state index in [2.05, 4.69) is 20.4 Å². The molecule has 0 bridgehead atoms. The number of benzene rings is 2. The van der Waals surface area contributed by atoms with Crippen LogP contribution in [0.5, 0.6) is 0 Å². The summed E-state index contributed by atoms with van der Waals surface area (Å²) in [6.07, 6.45) is 0.911. The third-order valence-electron chi connectivity index (χ3n) is 5.11. The van der Waals surface area contributed by atoms with Gasteiger partial charge in [0, 0.05) is 31.0 Å². The number of rotatable bonds is 7. The fourth-order valence-electron chi connectivity index (χ4n) is 3.44.